The van der Waals surface area contributed by atoms with Gasteiger partial charge in [0.05, 0.1) is 11.2 Å². The largest absolute Gasteiger partial charge is 0.319 e. The van der Waals surface area contributed by atoms with E-state index < -0.39 is 28.7 Å². The number of hydrogen-bond donors (Lipinski definition) is 1. The van der Waals surface area contributed by atoms with Gasteiger partial charge in [-0.2, -0.15) is 0 Å². The van der Waals surface area contributed by atoms with Crippen LogP contribution in [0.2, 0.25) is 0 Å². The Bertz CT molecular complexity index is 1030. The molecule has 27 heavy (non-hydrogen) atoms. The Hall–Kier alpha value is -3.15. The lowest BCUT2D eigenvalue weighted by molar-refractivity contribution is -0.135. The van der Waals surface area contributed by atoms with Crippen LogP contribution in [0, 0.1) is 11.6 Å². The molecule has 4 nitrogen and oxygen atoms in total. The topological polar surface area (TPSA) is 59.1 Å². The number of ketones is 1. The van der Waals surface area contributed by atoms with Crippen LogP contribution in [-0.4, -0.2) is 16.7 Å². The molecule has 0 spiro atoms. The maximum Gasteiger partial charge on any atom is 0.291 e. The molecule has 0 atom stereocenters. The molecule has 0 aliphatic rings. The van der Waals surface area contributed by atoms with Crippen LogP contribution in [0.3, 0.4) is 0 Å². The van der Waals surface area contributed by atoms with Crippen LogP contribution < -0.4 is 5.32 Å². The van der Waals surface area contributed by atoms with E-state index in [9.17, 15) is 18.4 Å². The first kappa shape index (κ1) is 18.6. The van der Waals surface area contributed by atoms with E-state index >= 15 is 0 Å². The minimum Gasteiger partial charge on any atom is -0.319 e. The van der Waals surface area contributed by atoms with E-state index in [2.05, 4.69) is 10.3 Å². The normalized spacial score (nSPS) is 11.4. The van der Waals surface area contributed by atoms with E-state index in [1.165, 1.54) is 0 Å². The smallest absolute Gasteiger partial charge is 0.291 e. The van der Waals surface area contributed by atoms with Gasteiger partial charge in [0.1, 0.15) is 11.6 Å². The van der Waals surface area contributed by atoms with Crippen molar-refractivity contribution in [2.24, 2.45) is 0 Å². The van der Waals surface area contributed by atoms with Crippen molar-refractivity contribution in [1.29, 1.82) is 0 Å². The Balaban J connectivity index is 1.79. The highest BCUT2D eigenvalue weighted by molar-refractivity contribution is 6.41. The number of Topliss-reactive ketones (excluding diaryl/α,β-unsaturated/α-hetero) is 1. The highest BCUT2D eigenvalue weighted by atomic mass is 19.1. The Morgan fingerprint density at radius 2 is 1.85 bits per heavy atom. The molecular formula is C21H18F2N2O2. The molecule has 0 fully saturated rings. The number of nitrogens with zero attached hydrogens (tertiary/aromatic N) is 1. The zero-order valence-electron chi connectivity index (χ0n) is 14.9. The molecule has 0 saturated heterocycles. The molecule has 0 bridgehead atoms. The molecule has 1 heterocycles. The third kappa shape index (κ3) is 4.00. The molecule has 3 rings (SSSR count). The molecule has 0 aliphatic heterocycles. The second kappa shape index (κ2) is 7.23. The lowest BCUT2D eigenvalue weighted by Gasteiger charge is -2.24. The van der Waals surface area contributed by atoms with Gasteiger partial charge >= 0.3 is 0 Å². The van der Waals surface area contributed by atoms with Gasteiger partial charge in [0.2, 0.25) is 5.78 Å². The summed E-state index contributed by atoms with van der Waals surface area (Å²) in [6.45, 7) is 3.19. The van der Waals surface area contributed by atoms with Gasteiger partial charge < -0.3 is 5.32 Å². The average molecular weight is 368 g/mol. The number of nitrogens with one attached hydrogen (secondary N) is 1. The maximum absolute atomic E-state index is 14.1. The number of aromatic nitrogens is 1. The molecule has 0 aliphatic carbocycles. The number of halogens is 2. The van der Waals surface area contributed by atoms with Crippen LogP contribution in [-0.2, 0) is 15.0 Å². The summed E-state index contributed by atoms with van der Waals surface area (Å²) < 4.78 is 27.5. The van der Waals surface area contributed by atoms with Crippen molar-refractivity contribution in [2.45, 2.75) is 25.7 Å². The van der Waals surface area contributed by atoms with E-state index in [0.717, 1.165) is 18.2 Å². The van der Waals surface area contributed by atoms with Gasteiger partial charge in [-0.1, -0.05) is 19.9 Å². The van der Waals surface area contributed by atoms with E-state index in [1.54, 1.807) is 50.4 Å². The summed E-state index contributed by atoms with van der Waals surface area (Å²) in [7, 11) is 0. The van der Waals surface area contributed by atoms with Crippen LogP contribution in [0.5, 0.6) is 0 Å². The fourth-order valence-electron chi connectivity index (χ4n) is 3.00. The third-order valence-corrected chi connectivity index (χ3v) is 4.41. The van der Waals surface area contributed by atoms with Gasteiger partial charge in [0.15, 0.2) is 0 Å². The predicted octanol–water partition coefficient (Wildman–Crippen LogP) is 4.39. The molecule has 0 radical (unpaired) electrons. The second-order valence-electron chi connectivity index (χ2n) is 6.94. The highest BCUT2D eigenvalue weighted by Gasteiger charge is 2.30. The monoisotopic (exact) mass is 368 g/mol. The van der Waals surface area contributed by atoms with Gasteiger partial charge in [-0.15, -0.1) is 0 Å². The molecule has 1 amide bonds. The van der Waals surface area contributed by atoms with Crippen molar-refractivity contribution in [3.63, 3.8) is 0 Å². The summed E-state index contributed by atoms with van der Waals surface area (Å²) in [5.41, 5.74) is 0.164. The van der Waals surface area contributed by atoms with Crippen LogP contribution in [0.25, 0.3) is 10.9 Å². The van der Waals surface area contributed by atoms with Gasteiger partial charge in [-0.25, -0.2) is 8.78 Å². The van der Waals surface area contributed by atoms with Gasteiger partial charge in [-0.05, 0) is 48.0 Å². The standard InChI is InChI=1S/C21H18F2N2O2/c1-21(2,15-11-13(22)8-9-16(15)23)12-19(26)20(27)25-18-7-3-6-17-14(18)5-4-10-24-17/h3-11H,12H2,1-2H3,(H,25,27). The molecule has 6 heteroatoms. The number of amides is 1. The van der Waals surface area contributed by atoms with Gasteiger partial charge in [0, 0.05) is 23.4 Å². The SMILES string of the molecule is CC(C)(CC(=O)C(=O)Nc1cccc2ncccc12)c1cc(F)ccc1F. The zero-order chi connectivity index (χ0) is 19.6. The number of hydrogen-bond acceptors (Lipinski definition) is 3. The van der Waals surface area contributed by atoms with Crippen LogP contribution in [0.15, 0.2) is 54.7 Å². The number of carbonyl (C=O) groups excluding carboxylic acids is 2. The summed E-state index contributed by atoms with van der Waals surface area (Å²) in [4.78, 5) is 29.0. The Morgan fingerprint density at radius 3 is 2.63 bits per heavy atom. The van der Waals surface area contributed by atoms with Crippen LogP contribution in [0.1, 0.15) is 25.8 Å². The number of rotatable bonds is 5. The van der Waals surface area contributed by atoms with E-state index in [4.69, 9.17) is 0 Å². The first-order valence-electron chi connectivity index (χ1n) is 8.41. The fraction of sp³-hybridized carbons (Fsp3) is 0.190. The first-order valence-corrected chi connectivity index (χ1v) is 8.41. The Morgan fingerprint density at radius 1 is 1.07 bits per heavy atom. The molecule has 3 aromatic rings. The number of pyridine rings is 1. The van der Waals surface area contributed by atoms with Crippen molar-refractivity contribution < 1.29 is 18.4 Å². The van der Waals surface area contributed by atoms with Crippen molar-refractivity contribution in [3.8, 4) is 0 Å². The second-order valence-corrected chi connectivity index (χ2v) is 6.94. The van der Waals surface area contributed by atoms with Crippen molar-refractivity contribution in [3.05, 3.63) is 71.9 Å². The molecule has 0 unspecified atom stereocenters. The number of carbonyl (C=O) groups is 2. The lowest BCUT2D eigenvalue weighted by atomic mass is 9.79. The number of fused-ring (bicyclic) bond motifs is 1. The van der Waals surface area contributed by atoms with Crippen molar-refractivity contribution >= 4 is 28.3 Å². The first-order chi connectivity index (χ1) is 12.8. The maximum atomic E-state index is 14.1. The number of anilines is 1. The lowest BCUT2D eigenvalue weighted by Crippen LogP contribution is -2.31. The van der Waals surface area contributed by atoms with Gasteiger partial charge in [0.25, 0.3) is 5.91 Å². The molecule has 1 N–H and O–H groups in total. The van der Waals surface area contributed by atoms with E-state index in [-0.39, 0.29) is 12.0 Å². The summed E-state index contributed by atoms with van der Waals surface area (Å²) in [5.74, 6) is -2.74. The molecule has 1 aromatic heterocycles. The van der Waals surface area contributed by atoms with Crippen molar-refractivity contribution in [2.75, 3.05) is 5.32 Å². The molecule has 0 saturated carbocycles. The van der Waals surface area contributed by atoms with Crippen molar-refractivity contribution in [1.82, 2.24) is 4.98 Å². The summed E-state index contributed by atoms with van der Waals surface area (Å²) in [6, 6.07) is 11.8. The summed E-state index contributed by atoms with van der Waals surface area (Å²) in [6.07, 6.45) is 1.37. The van der Waals surface area contributed by atoms with Gasteiger partial charge in [-0.3, -0.25) is 14.6 Å². The quantitative estimate of drug-likeness (QED) is 0.680. The van der Waals surface area contributed by atoms with E-state index in [1.807, 2.05) is 0 Å². The third-order valence-electron chi connectivity index (χ3n) is 4.41. The Labute approximate surface area is 155 Å². The predicted molar refractivity (Wildman–Crippen MR) is 99.4 cm³/mol. The fourth-order valence-corrected chi connectivity index (χ4v) is 3.00. The molecule has 138 valence electrons. The summed E-state index contributed by atoms with van der Waals surface area (Å²) in [5, 5.41) is 3.29. The minimum absolute atomic E-state index is 0.0537. The van der Waals surface area contributed by atoms with Crippen LogP contribution >= 0.6 is 0 Å². The van der Waals surface area contributed by atoms with E-state index in [0.29, 0.717) is 16.6 Å². The molecular weight excluding hydrogens is 350 g/mol. The molecule has 2 aromatic carbocycles. The minimum atomic E-state index is -1.04. The summed E-state index contributed by atoms with van der Waals surface area (Å²) >= 11 is 0. The highest BCUT2D eigenvalue weighted by Crippen LogP contribution is 2.30. The average Bonchev–Trinajstić information content (AvgIpc) is 2.63. The number of benzene rings is 2. The van der Waals surface area contributed by atoms with Crippen LogP contribution in [0.4, 0.5) is 14.5 Å². The Kier molecular flexibility index (Phi) is 4.99. The zero-order valence-corrected chi connectivity index (χ0v) is 14.9.